The van der Waals surface area contributed by atoms with Gasteiger partial charge in [-0.1, -0.05) is 0 Å². The highest BCUT2D eigenvalue weighted by Crippen LogP contribution is 2.23. The number of amides is 2. The smallest absolute Gasteiger partial charge is 0.410 e. The number of aryl methyl sites for hydroxylation is 1. The minimum absolute atomic E-state index is 0.0472. The second-order valence-electron chi connectivity index (χ2n) is 9.60. The van der Waals surface area contributed by atoms with Crippen LogP contribution in [0.3, 0.4) is 0 Å². The summed E-state index contributed by atoms with van der Waals surface area (Å²) in [7, 11) is 1.51. The minimum atomic E-state index is -0.535. The fraction of sp³-hybridized carbons (Fsp3) is 0.458. The Hall–Kier alpha value is -3.89. The van der Waals surface area contributed by atoms with Gasteiger partial charge >= 0.3 is 6.09 Å². The summed E-state index contributed by atoms with van der Waals surface area (Å²) in [6, 6.07) is 5.18. The van der Waals surface area contributed by atoms with Gasteiger partial charge in [0.25, 0.3) is 5.91 Å². The van der Waals surface area contributed by atoms with Crippen LogP contribution in [0.5, 0.6) is 5.75 Å². The lowest BCUT2D eigenvalue weighted by Gasteiger charge is -2.40. The van der Waals surface area contributed by atoms with Crippen molar-refractivity contribution in [3.05, 3.63) is 41.9 Å². The van der Waals surface area contributed by atoms with Crippen molar-refractivity contribution in [2.45, 2.75) is 46.3 Å². The number of nitrogens with one attached hydrogen (secondary N) is 1. The highest BCUT2D eigenvalue weighted by atomic mass is 16.6. The fourth-order valence-corrected chi connectivity index (χ4v) is 3.98. The first-order chi connectivity index (χ1) is 16.5. The number of fused-ring (bicyclic) bond motifs is 1. The highest BCUT2D eigenvalue weighted by Gasteiger charge is 2.31. The van der Waals surface area contributed by atoms with Crippen molar-refractivity contribution in [3.8, 4) is 5.75 Å². The van der Waals surface area contributed by atoms with Gasteiger partial charge < -0.3 is 29.0 Å². The van der Waals surface area contributed by atoms with Crippen LogP contribution in [0.25, 0.3) is 5.65 Å². The third-order valence-corrected chi connectivity index (χ3v) is 5.61. The Morgan fingerprint density at radius 1 is 1.14 bits per heavy atom. The van der Waals surface area contributed by atoms with Gasteiger partial charge in [-0.3, -0.25) is 4.79 Å². The van der Waals surface area contributed by atoms with Crippen LogP contribution in [-0.4, -0.2) is 74.9 Å². The number of aromatic nitrogens is 4. The van der Waals surface area contributed by atoms with Crippen molar-refractivity contribution in [3.63, 3.8) is 0 Å². The molecule has 1 atom stereocenters. The van der Waals surface area contributed by atoms with Gasteiger partial charge in [0.05, 0.1) is 18.4 Å². The molecule has 35 heavy (non-hydrogen) atoms. The van der Waals surface area contributed by atoms with Gasteiger partial charge in [-0.15, -0.1) is 10.2 Å². The van der Waals surface area contributed by atoms with Crippen molar-refractivity contribution < 1.29 is 19.1 Å². The fourth-order valence-electron chi connectivity index (χ4n) is 3.98. The Balaban J connectivity index is 1.41. The average Bonchev–Trinajstić information content (AvgIpc) is 3.16. The Bertz CT molecular complexity index is 1230. The van der Waals surface area contributed by atoms with Gasteiger partial charge in [0, 0.05) is 44.1 Å². The summed E-state index contributed by atoms with van der Waals surface area (Å²) >= 11 is 0. The molecule has 1 fully saturated rings. The summed E-state index contributed by atoms with van der Waals surface area (Å²) in [4.78, 5) is 33.6. The molecule has 3 aromatic heterocycles. The maximum Gasteiger partial charge on any atom is 0.410 e. The standard InChI is InChI=1S/C24H31N7O4/c1-15-12-30-14-17(18(34-6)11-21(30)25-15)22(32)26-19-7-8-20(28-27-19)29-9-10-31(16(2)13-29)23(33)35-24(3,4)5/h7-8,11-12,14,16H,9-10,13H2,1-6H3,(H,26,27,32)/t16-/m0/s1. The van der Waals surface area contributed by atoms with E-state index >= 15 is 0 Å². The number of ether oxygens (including phenoxy) is 2. The zero-order valence-corrected chi connectivity index (χ0v) is 20.9. The number of carbonyl (C=O) groups excluding carboxylic acids is 2. The number of hydrogen-bond donors (Lipinski definition) is 1. The number of methoxy groups -OCH3 is 1. The van der Waals surface area contributed by atoms with Gasteiger partial charge in [-0.2, -0.15) is 0 Å². The molecule has 1 aliphatic heterocycles. The van der Waals surface area contributed by atoms with E-state index < -0.39 is 5.60 Å². The summed E-state index contributed by atoms with van der Waals surface area (Å²) in [5.74, 6) is 1.05. The summed E-state index contributed by atoms with van der Waals surface area (Å²) in [5.41, 5.74) is 1.36. The maximum absolute atomic E-state index is 12.9. The third kappa shape index (κ3) is 5.44. The van der Waals surface area contributed by atoms with E-state index in [1.807, 2.05) is 40.8 Å². The van der Waals surface area contributed by atoms with E-state index in [9.17, 15) is 9.59 Å². The quantitative estimate of drug-likeness (QED) is 0.605. The largest absolute Gasteiger partial charge is 0.496 e. The van der Waals surface area contributed by atoms with Crippen LogP contribution in [0.1, 0.15) is 43.7 Å². The van der Waals surface area contributed by atoms with Crippen LogP contribution in [0.2, 0.25) is 0 Å². The molecule has 2 amide bonds. The number of nitrogens with zero attached hydrogens (tertiary/aromatic N) is 6. The van der Waals surface area contributed by atoms with E-state index in [0.717, 1.165) is 5.69 Å². The van der Waals surface area contributed by atoms with Crippen molar-refractivity contribution >= 4 is 29.3 Å². The number of piperazine rings is 1. The topological polar surface area (TPSA) is 114 Å². The number of carbonyl (C=O) groups is 2. The summed E-state index contributed by atoms with van der Waals surface area (Å²) in [6.07, 6.45) is 3.20. The zero-order chi connectivity index (χ0) is 25.3. The molecule has 1 saturated heterocycles. The molecule has 186 valence electrons. The van der Waals surface area contributed by atoms with Gasteiger partial charge in [-0.25, -0.2) is 9.78 Å². The normalized spacial score (nSPS) is 16.3. The predicted molar refractivity (Wildman–Crippen MR) is 131 cm³/mol. The van der Waals surface area contributed by atoms with Crippen molar-refractivity contribution in [2.24, 2.45) is 0 Å². The van der Waals surface area contributed by atoms with E-state index in [1.54, 1.807) is 33.7 Å². The molecular formula is C24H31N7O4. The van der Waals surface area contributed by atoms with Crippen LogP contribution in [-0.2, 0) is 4.74 Å². The van der Waals surface area contributed by atoms with Gasteiger partial charge in [-0.05, 0) is 46.8 Å². The van der Waals surface area contributed by atoms with Crippen molar-refractivity contribution in [1.29, 1.82) is 0 Å². The SMILES string of the molecule is COc1cc2nc(C)cn2cc1C(=O)Nc1ccc(N2CCN(C(=O)OC(C)(C)C)[C@@H](C)C2)nn1. The van der Waals surface area contributed by atoms with Crippen molar-refractivity contribution in [2.75, 3.05) is 37.0 Å². The highest BCUT2D eigenvalue weighted by molar-refractivity contribution is 6.05. The monoisotopic (exact) mass is 481 g/mol. The maximum atomic E-state index is 12.9. The Morgan fingerprint density at radius 3 is 2.54 bits per heavy atom. The molecule has 3 aromatic rings. The number of pyridine rings is 1. The molecule has 0 radical (unpaired) electrons. The molecule has 1 aliphatic rings. The Morgan fingerprint density at radius 2 is 1.91 bits per heavy atom. The van der Waals surface area contributed by atoms with Crippen LogP contribution >= 0.6 is 0 Å². The van der Waals surface area contributed by atoms with Gasteiger partial charge in [0.1, 0.15) is 17.0 Å². The van der Waals surface area contributed by atoms with E-state index in [0.29, 0.717) is 48.2 Å². The molecule has 4 rings (SSSR count). The Labute approximate surface area is 204 Å². The molecule has 11 heteroatoms. The average molecular weight is 482 g/mol. The van der Waals surface area contributed by atoms with E-state index in [1.165, 1.54) is 7.11 Å². The molecule has 0 saturated carbocycles. The second kappa shape index (κ2) is 9.40. The lowest BCUT2D eigenvalue weighted by molar-refractivity contribution is 0.0158. The lowest BCUT2D eigenvalue weighted by Crippen LogP contribution is -2.55. The molecular weight excluding hydrogens is 450 g/mol. The first kappa shape index (κ1) is 24.2. The molecule has 11 nitrogen and oxygen atoms in total. The molecule has 4 heterocycles. The van der Waals surface area contributed by atoms with Crippen LogP contribution in [0.15, 0.2) is 30.6 Å². The lowest BCUT2D eigenvalue weighted by atomic mass is 10.2. The number of hydrogen-bond acceptors (Lipinski definition) is 8. The third-order valence-electron chi connectivity index (χ3n) is 5.61. The first-order valence-corrected chi connectivity index (χ1v) is 11.5. The van der Waals surface area contributed by atoms with Crippen molar-refractivity contribution in [1.82, 2.24) is 24.5 Å². The zero-order valence-electron chi connectivity index (χ0n) is 20.9. The van der Waals surface area contributed by atoms with E-state index in [2.05, 4.69) is 25.4 Å². The van der Waals surface area contributed by atoms with Gasteiger partial charge in [0.2, 0.25) is 0 Å². The molecule has 0 unspecified atom stereocenters. The summed E-state index contributed by atoms with van der Waals surface area (Å²) in [6.45, 7) is 11.1. The van der Waals surface area contributed by atoms with Crippen LogP contribution in [0, 0.1) is 6.92 Å². The second-order valence-corrected chi connectivity index (χ2v) is 9.60. The van der Waals surface area contributed by atoms with Gasteiger partial charge in [0.15, 0.2) is 11.6 Å². The molecule has 0 spiro atoms. The molecule has 0 aromatic carbocycles. The minimum Gasteiger partial charge on any atom is -0.496 e. The predicted octanol–water partition coefficient (Wildman–Crippen LogP) is 3.14. The van der Waals surface area contributed by atoms with Crippen LogP contribution in [0.4, 0.5) is 16.4 Å². The summed E-state index contributed by atoms with van der Waals surface area (Å²) in [5, 5.41) is 11.2. The van der Waals surface area contributed by atoms with Crippen LogP contribution < -0.4 is 15.0 Å². The molecule has 1 N–H and O–H groups in total. The van der Waals surface area contributed by atoms with E-state index in [4.69, 9.17) is 9.47 Å². The molecule has 0 aliphatic carbocycles. The number of imidazole rings is 1. The molecule has 0 bridgehead atoms. The first-order valence-electron chi connectivity index (χ1n) is 11.5. The number of rotatable bonds is 4. The van der Waals surface area contributed by atoms with E-state index in [-0.39, 0.29) is 18.0 Å². The summed E-state index contributed by atoms with van der Waals surface area (Å²) < 4.78 is 12.7. The Kier molecular flexibility index (Phi) is 6.51. The number of anilines is 2.